The highest BCUT2D eigenvalue weighted by Gasteiger charge is 2.23. The molecular formula is C9H4F4N2OS. The van der Waals surface area contributed by atoms with E-state index in [9.17, 15) is 17.6 Å². The summed E-state index contributed by atoms with van der Waals surface area (Å²) in [4.78, 5) is 5.30. The second-order valence-electron chi connectivity index (χ2n) is 3.01. The molecule has 0 spiro atoms. The summed E-state index contributed by atoms with van der Waals surface area (Å²) in [5.74, 6) is -6.58. The maximum Gasteiger partial charge on any atom is 0.260 e. The normalized spacial score (nSPS) is 10.9. The molecule has 0 aliphatic rings. The van der Waals surface area contributed by atoms with E-state index in [-0.39, 0.29) is 5.22 Å². The number of aryl methyl sites for hydroxylation is 1. The predicted molar refractivity (Wildman–Crippen MR) is 49.4 cm³/mol. The summed E-state index contributed by atoms with van der Waals surface area (Å²) in [6.45, 7) is 1.59. The predicted octanol–water partition coefficient (Wildman–Crippen LogP) is 3.09. The average Bonchev–Trinajstić information content (AvgIpc) is 2.68. The molecule has 0 N–H and O–H groups in total. The topological polar surface area (TPSA) is 38.9 Å². The maximum atomic E-state index is 13.2. The standard InChI is InChI=1S/C9H4F4N2OS/c1-3-2-16-9(14-3)17-6-4(10)7(12)15-8(13)5(6)11/h2H,1H3. The zero-order valence-electron chi connectivity index (χ0n) is 8.30. The van der Waals surface area contributed by atoms with Gasteiger partial charge in [-0.1, -0.05) is 0 Å². The Hall–Kier alpha value is -1.57. The summed E-state index contributed by atoms with van der Waals surface area (Å²) < 4.78 is 56.8. The van der Waals surface area contributed by atoms with E-state index < -0.39 is 28.4 Å². The molecule has 8 heteroatoms. The first-order chi connectivity index (χ1) is 7.99. The van der Waals surface area contributed by atoms with Crippen LogP contribution in [0.2, 0.25) is 0 Å². The molecule has 2 aromatic heterocycles. The fraction of sp³-hybridized carbons (Fsp3) is 0.111. The summed E-state index contributed by atoms with van der Waals surface area (Å²) in [7, 11) is 0. The van der Waals surface area contributed by atoms with E-state index in [0.717, 1.165) is 0 Å². The van der Waals surface area contributed by atoms with Crippen molar-refractivity contribution in [1.82, 2.24) is 9.97 Å². The highest BCUT2D eigenvalue weighted by atomic mass is 32.2. The van der Waals surface area contributed by atoms with Gasteiger partial charge in [-0.3, -0.25) is 0 Å². The Labute approximate surface area is 96.9 Å². The number of rotatable bonds is 2. The third-order valence-corrected chi connectivity index (χ3v) is 2.67. The molecule has 0 atom stereocenters. The second-order valence-corrected chi connectivity index (χ2v) is 3.97. The van der Waals surface area contributed by atoms with E-state index in [1.165, 1.54) is 6.26 Å². The Kier molecular flexibility index (Phi) is 3.05. The molecule has 90 valence electrons. The van der Waals surface area contributed by atoms with Crippen molar-refractivity contribution in [3.05, 3.63) is 35.5 Å². The lowest BCUT2D eigenvalue weighted by atomic mass is 10.4. The smallest absolute Gasteiger partial charge is 0.260 e. The van der Waals surface area contributed by atoms with Crippen molar-refractivity contribution < 1.29 is 22.0 Å². The quantitative estimate of drug-likeness (QED) is 0.617. The number of aromatic nitrogens is 2. The molecule has 2 rings (SSSR count). The van der Waals surface area contributed by atoms with Gasteiger partial charge in [0.2, 0.25) is 0 Å². The van der Waals surface area contributed by atoms with Crippen molar-refractivity contribution in [2.45, 2.75) is 17.0 Å². The lowest BCUT2D eigenvalue weighted by Crippen LogP contribution is -2.01. The highest BCUT2D eigenvalue weighted by Crippen LogP contribution is 2.32. The molecule has 0 saturated heterocycles. The SMILES string of the molecule is Cc1coc(Sc2c(F)c(F)nc(F)c2F)n1. The van der Waals surface area contributed by atoms with Gasteiger partial charge in [-0.25, -0.2) is 13.8 Å². The van der Waals surface area contributed by atoms with Crippen LogP contribution < -0.4 is 0 Å². The number of hydrogen-bond acceptors (Lipinski definition) is 4. The van der Waals surface area contributed by atoms with Gasteiger partial charge in [-0.2, -0.15) is 13.8 Å². The Balaban J connectivity index is 2.45. The minimum absolute atomic E-state index is 0.120. The maximum absolute atomic E-state index is 13.2. The number of nitrogens with zero attached hydrogens (tertiary/aromatic N) is 2. The van der Waals surface area contributed by atoms with Crippen molar-refractivity contribution in [1.29, 1.82) is 0 Å². The van der Waals surface area contributed by atoms with Gasteiger partial charge in [-0.15, -0.1) is 0 Å². The van der Waals surface area contributed by atoms with Crippen LogP contribution in [0.4, 0.5) is 17.6 Å². The van der Waals surface area contributed by atoms with Gasteiger partial charge >= 0.3 is 0 Å². The molecule has 0 saturated carbocycles. The van der Waals surface area contributed by atoms with Gasteiger partial charge in [0.1, 0.15) is 6.26 Å². The molecule has 3 nitrogen and oxygen atoms in total. The van der Waals surface area contributed by atoms with E-state index in [4.69, 9.17) is 4.42 Å². The Morgan fingerprint density at radius 3 is 2.12 bits per heavy atom. The van der Waals surface area contributed by atoms with Gasteiger partial charge in [0, 0.05) is 0 Å². The molecule has 0 aliphatic carbocycles. The van der Waals surface area contributed by atoms with Crippen molar-refractivity contribution in [2.75, 3.05) is 0 Å². The van der Waals surface area contributed by atoms with Crippen LogP contribution in [0.15, 0.2) is 20.8 Å². The molecule has 0 amide bonds. The number of hydrogen-bond donors (Lipinski definition) is 0. The van der Waals surface area contributed by atoms with E-state index in [1.54, 1.807) is 6.92 Å². The summed E-state index contributed by atoms with van der Waals surface area (Å²) in [6, 6.07) is 0. The van der Waals surface area contributed by atoms with Crippen LogP contribution in [0.5, 0.6) is 0 Å². The van der Waals surface area contributed by atoms with Crippen LogP contribution >= 0.6 is 11.8 Å². The zero-order valence-corrected chi connectivity index (χ0v) is 9.12. The Morgan fingerprint density at radius 1 is 1.06 bits per heavy atom. The molecule has 0 aromatic carbocycles. The minimum atomic E-state index is -1.71. The van der Waals surface area contributed by atoms with Crippen LogP contribution in [0.3, 0.4) is 0 Å². The number of oxazole rings is 1. The van der Waals surface area contributed by atoms with Crippen molar-refractivity contribution in [3.63, 3.8) is 0 Å². The number of pyridine rings is 1. The van der Waals surface area contributed by atoms with Crippen LogP contribution in [-0.2, 0) is 0 Å². The lowest BCUT2D eigenvalue weighted by Gasteiger charge is -2.02. The summed E-state index contributed by atoms with van der Waals surface area (Å²) in [6.07, 6.45) is 1.24. The highest BCUT2D eigenvalue weighted by molar-refractivity contribution is 7.99. The lowest BCUT2D eigenvalue weighted by molar-refractivity contribution is 0.382. The van der Waals surface area contributed by atoms with Crippen molar-refractivity contribution in [2.24, 2.45) is 0 Å². The molecule has 2 heterocycles. The molecule has 2 aromatic rings. The first-order valence-corrected chi connectivity index (χ1v) is 5.10. The summed E-state index contributed by atoms with van der Waals surface area (Å²) in [5.41, 5.74) is 0.475. The molecule has 0 radical (unpaired) electrons. The average molecular weight is 264 g/mol. The zero-order chi connectivity index (χ0) is 12.6. The largest absolute Gasteiger partial charge is 0.439 e. The Morgan fingerprint density at radius 2 is 1.65 bits per heavy atom. The van der Waals surface area contributed by atoms with Gasteiger partial charge in [-0.05, 0) is 18.7 Å². The van der Waals surface area contributed by atoms with Crippen LogP contribution in [0.1, 0.15) is 5.69 Å². The van der Waals surface area contributed by atoms with E-state index in [1.807, 2.05) is 0 Å². The van der Waals surface area contributed by atoms with E-state index in [0.29, 0.717) is 17.5 Å². The van der Waals surface area contributed by atoms with Gasteiger partial charge in [0.25, 0.3) is 17.1 Å². The molecule has 0 bridgehead atoms. The molecular weight excluding hydrogens is 260 g/mol. The van der Waals surface area contributed by atoms with Gasteiger partial charge < -0.3 is 4.42 Å². The second kappa shape index (κ2) is 4.36. The molecule has 0 unspecified atom stereocenters. The molecule has 17 heavy (non-hydrogen) atoms. The van der Waals surface area contributed by atoms with Crippen molar-refractivity contribution in [3.8, 4) is 0 Å². The fourth-order valence-corrected chi connectivity index (χ4v) is 1.83. The van der Waals surface area contributed by atoms with E-state index >= 15 is 0 Å². The van der Waals surface area contributed by atoms with Crippen LogP contribution in [-0.4, -0.2) is 9.97 Å². The first-order valence-electron chi connectivity index (χ1n) is 4.29. The minimum Gasteiger partial charge on any atom is -0.439 e. The first kappa shape index (κ1) is 11.9. The fourth-order valence-electron chi connectivity index (χ4n) is 1.02. The third kappa shape index (κ3) is 2.26. The van der Waals surface area contributed by atoms with Crippen LogP contribution in [0, 0.1) is 30.5 Å². The molecule has 0 aliphatic heterocycles. The molecule has 0 fully saturated rings. The summed E-state index contributed by atoms with van der Waals surface area (Å²) >= 11 is 0.342. The number of halogens is 4. The van der Waals surface area contributed by atoms with Gasteiger partial charge in [0.15, 0.2) is 11.6 Å². The van der Waals surface area contributed by atoms with E-state index in [2.05, 4.69) is 9.97 Å². The monoisotopic (exact) mass is 264 g/mol. The van der Waals surface area contributed by atoms with Crippen LogP contribution in [0.25, 0.3) is 0 Å². The summed E-state index contributed by atoms with van der Waals surface area (Å²) in [5, 5.41) is -0.120. The third-order valence-electron chi connectivity index (χ3n) is 1.74. The Bertz CT molecular complexity index is 546. The van der Waals surface area contributed by atoms with Gasteiger partial charge in [0.05, 0.1) is 10.6 Å². The van der Waals surface area contributed by atoms with Crippen molar-refractivity contribution >= 4 is 11.8 Å².